The molecule has 1 unspecified atom stereocenters. The molecular formula is C11H25N3. The molecule has 0 aromatic rings. The van der Waals surface area contributed by atoms with E-state index in [1.807, 2.05) is 0 Å². The lowest BCUT2D eigenvalue weighted by molar-refractivity contribution is 0.187. The fraction of sp³-hybridized carbons (Fsp3) is 1.00. The number of likely N-dealkylation sites (N-methyl/N-ethyl adjacent to an activating group) is 2. The zero-order valence-electron chi connectivity index (χ0n) is 10.1. The summed E-state index contributed by atoms with van der Waals surface area (Å²) in [6, 6.07) is 0.650. The van der Waals surface area contributed by atoms with Gasteiger partial charge < -0.3 is 15.1 Å². The molecule has 1 N–H and O–H groups in total. The minimum Gasteiger partial charge on any atom is -0.310 e. The standard InChI is InChI=1S/C11H25N3/c1-10(2)7-14(4)9-11-8-13(3)6-5-12-11/h10-12H,5-9H2,1-4H3. The molecule has 3 nitrogen and oxygen atoms in total. The van der Waals surface area contributed by atoms with Crippen LogP contribution >= 0.6 is 0 Å². The first-order valence-electron chi connectivity index (χ1n) is 5.68. The zero-order valence-corrected chi connectivity index (χ0v) is 10.1. The highest BCUT2D eigenvalue weighted by Gasteiger charge is 2.17. The van der Waals surface area contributed by atoms with E-state index in [4.69, 9.17) is 0 Å². The summed E-state index contributed by atoms with van der Waals surface area (Å²) in [7, 11) is 4.42. The Morgan fingerprint density at radius 2 is 2.21 bits per heavy atom. The molecule has 84 valence electrons. The van der Waals surface area contributed by atoms with Crippen LogP contribution in [0, 0.1) is 5.92 Å². The maximum Gasteiger partial charge on any atom is 0.0322 e. The Morgan fingerprint density at radius 1 is 1.50 bits per heavy atom. The lowest BCUT2D eigenvalue weighted by Gasteiger charge is -2.33. The Kier molecular flexibility index (Phi) is 4.85. The van der Waals surface area contributed by atoms with Gasteiger partial charge >= 0.3 is 0 Å². The van der Waals surface area contributed by atoms with E-state index < -0.39 is 0 Å². The van der Waals surface area contributed by atoms with E-state index in [-0.39, 0.29) is 0 Å². The van der Waals surface area contributed by atoms with Gasteiger partial charge in [0.1, 0.15) is 0 Å². The van der Waals surface area contributed by atoms with Gasteiger partial charge in [0.25, 0.3) is 0 Å². The molecule has 1 atom stereocenters. The molecule has 1 aliphatic rings. The summed E-state index contributed by atoms with van der Waals surface area (Å²) in [6.45, 7) is 10.4. The topological polar surface area (TPSA) is 18.5 Å². The van der Waals surface area contributed by atoms with Gasteiger partial charge in [0.05, 0.1) is 0 Å². The SMILES string of the molecule is CC(C)CN(C)CC1CN(C)CCN1. The van der Waals surface area contributed by atoms with E-state index in [1.165, 1.54) is 26.2 Å². The molecule has 0 spiro atoms. The van der Waals surface area contributed by atoms with Crippen molar-refractivity contribution in [2.24, 2.45) is 5.92 Å². The van der Waals surface area contributed by atoms with E-state index in [9.17, 15) is 0 Å². The van der Waals surface area contributed by atoms with Crippen LogP contribution in [0.25, 0.3) is 0 Å². The third-order valence-corrected chi connectivity index (χ3v) is 2.67. The molecule has 1 heterocycles. The highest BCUT2D eigenvalue weighted by Crippen LogP contribution is 2.01. The van der Waals surface area contributed by atoms with Crippen molar-refractivity contribution in [3.05, 3.63) is 0 Å². The first-order valence-corrected chi connectivity index (χ1v) is 5.68. The van der Waals surface area contributed by atoms with Gasteiger partial charge in [0.15, 0.2) is 0 Å². The highest BCUT2D eigenvalue weighted by molar-refractivity contribution is 4.79. The third kappa shape index (κ3) is 4.40. The molecule has 0 amide bonds. The van der Waals surface area contributed by atoms with Gasteiger partial charge in [-0.2, -0.15) is 0 Å². The van der Waals surface area contributed by atoms with E-state index in [1.54, 1.807) is 0 Å². The maximum absolute atomic E-state index is 3.57. The Hall–Kier alpha value is -0.120. The lowest BCUT2D eigenvalue weighted by atomic mass is 10.1. The number of hydrogen-bond donors (Lipinski definition) is 1. The molecule has 0 aliphatic carbocycles. The van der Waals surface area contributed by atoms with Crippen LogP contribution in [0.3, 0.4) is 0 Å². The van der Waals surface area contributed by atoms with Crippen LogP contribution in [-0.2, 0) is 0 Å². The Morgan fingerprint density at radius 3 is 2.79 bits per heavy atom. The molecule has 0 bridgehead atoms. The first kappa shape index (κ1) is 12.0. The molecule has 3 heteroatoms. The molecule has 0 aromatic carbocycles. The normalized spacial score (nSPS) is 24.9. The van der Waals surface area contributed by atoms with Crippen molar-refractivity contribution in [2.75, 3.05) is 46.8 Å². The first-order chi connectivity index (χ1) is 6.58. The molecule has 1 fully saturated rings. The molecule has 14 heavy (non-hydrogen) atoms. The molecule has 0 aromatic heterocycles. The monoisotopic (exact) mass is 199 g/mol. The van der Waals surface area contributed by atoms with Gasteiger partial charge in [-0.05, 0) is 20.0 Å². The van der Waals surface area contributed by atoms with Crippen LogP contribution in [0.5, 0.6) is 0 Å². The number of hydrogen-bond acceptors (Lipinski definition) is 3. The van der Waals surface area contributed by atoms with Crippen LogP contribution in [-0.4, -0.2) is 62.7 Å². The summed E-state index contributed by atoms with van der Waals surface area (Å²) in [5.41, 5.74) is 0. The number of nitrogens with one attached hydrogen (secondary N) is 1. The highest BCUT2D eigenvalue weighted by atomic mass is 15.2. The van der Waals surface area contributed by atoms with Gasteiger partial charge in [-0.25, -0.2) is 0 Å². The molecule has 0 radical (unpaired) electrons. The minimum absolute atomic E-state index is 0.650. The van der Waals surface area contributed by atoms with Gasteiger partial charge in [0, 0.05) is 38.8 Å². The lowest BCUT2D eigenvalue weighted by Crippen LogP contribution is -2.53. The van der Waals surface area contributed by atoms with Crippen LogP contribution < -0.4 is 5.32 Å². The van der Waals surface area contributed by atoms with Crippen molar-refractivity contribution in [1.82, 2.24) is 15.1 Å². The average molecular weight is 199 g/mol. The second kappa shape index (κ2) is 5.69. The molecular weight excluding hydrogens is 174 g/mol. The summed E-state index contributed by atoms with van der Waals surface area (Å²) in [4.78, 5) is 4.84. The summed E-state index contributed by atoms with van der Waals surface area (Å²) in [5.74, 6) is 0.765. The van der Waals surface area contributed by atoms with Crippen molar-refractivity contribution < 1.29 is 0 Å². The van der Waals surface area contributed by atoms with Gasteiger partial charge in [-0.3, -0.25) is 0 Å². The Balaban J connectivity index is 2.21. The van der Waals surface area contributed by atoms with E-state index in [0.29, 0.717) is 6.04 Å². The van der Waals surface area contributed by atoms with E-state index in [2.05, 4.69) is 43.1 Å². The number of piperazine rings is 1. The second-order valence-corrected chi connectivity index (χ2v) is 5.03. The van der Waals surface area contributed by atoms with Crippen molar-refractivity contribution >= 4 is 0 Å². The zero-order chi connectivity index (χ0) is 10.6. The third-order valence-electron chi connectivity index (χ3n) is 2.67. The molecule has 1 saturated heterocycles. The fourth-order valence-corrected chi connectivity index (χ4v) is 2.19. The average Bonchev–Trinajstić information content (AvgIpc) is 2.01. The van der Waals surface area contributed by atoms with Crippen molar-refractivity contribution in [3.63, 3.8) is 0 Å². The Labute approximate surface area is 88.5 Å². The molecule has 1 aliphatic heterocycles. The molecule has 1 rings (SSSR count). The quantitative estimate of drug-likeness (QED) is 0.710. The van der Waals surface area contributed by atoms with Crippen molar-refractivity contribution in [2.45, 2.75) is 19.9 Å². The number of nitrogens with zero attached hydrogens (tertiary/aromatic N) is 2. The fourth-order valence-electron chi connectivity index (χ4n) is 2.19. The van der Waals surface area contributed by atoms with Gasteiger partial charge in [-0.15, -0.1) is 0 Å². The predicted octanol–water partition coefficient (Wildman–Crippen LogP) is 0.478. The largest absolute Gasteiger partial charge is 0.310 e. The van der Waals surface area contributed by atoms with E-state index >= 15 is 0 Å². The maximum atomic E-state index is 3.57. The van der Waals surface area contributed by atoms with Crippen LogP contribution in [0.15, 0.2) is 0 Å². The summed E-state index contributed by atoms with van der Waals surface area (Å²) >= 11 is 0. The number of rotatable bonds is 4. The van der Waals surface area contributed by atoms with E-state index in [0.717, 1.165) is 12.5 Å². The van der Waals surface area contributed by atoms with Gasteiger partial charge in [-0.1, -0.05) is 13.8 Å². The minimum atomic E-state index is 0.650. The van der Waals surface area contributed by atoms with Crippen molar-refractivity contribution in [1.29, 1.82) is 0 Å². The van der Waals surface area contributed by atoms with Gasteiger partial charge in [0.2, 0.25) is 0 Å². The summed E-state index contributed by atoms with van der Waals surface area (Å²) in [6.07, 6.45) is 0. The molecule has 0 saturated carbocycles. The summed E-state index contributed by atoms with van der Waals surface area (Å²) < 4.78 is 0. The summed E-state index contributed by atoms with van der Waals surface area (Å²) in [5, 5.41) is 3.57. The van der Waals surface area contributed by atoms with Crippen LogP contribution in [0.4, 0.5) is 0 Å². The van der Waals surface area contributed by atoms with Crippen LogP contribution in [0.1, 0.15) is 13.8 Å². The smallest absolute Gasteiger partial charge is 0.0322 e. The van der Waals surface area contributed by atoms with Crippen molar-refractivity contribution in [3.8, 4) is 0 Å². The predicted molar refractivity (Wildman–Crippen MR) is 61.6 cm³/mol. The second-order valence-electron chi connectivity index (χ2n) is 5.03. The van der Waals surface area contributed by atoms with Crippen LogP contribution in [0.2, 0.25) is 0 Å². The Bertz CT molecular complexity index is 159.